The van der Waals surface area contributed by atoms with E-state index in [0.29, 0.717) is 25.6 Å². The number of aryl methyl sites for hydroxylation is 1. The Bertz CT molecular complexity index is 624. The van der Waals surface area contributed by atoms with Gasteiger partial charge in [-0.15, -0.1) is 0 Å². The molecule has 0 spiro atoms. The van der Waals surface area contributed by atoms with Gasteiger partial charge in [-0.05, 0) is 42.0 Å². The molecule has 0 aromatic heterocycles. The van der Waals surface area contributed by atoms with Crippen molar-refractivity contribution in [2.75, 3.05) is 19.7 Å². The van der Waals surface area contributed by atoms with Gasteiger partial charge in [-0.25, -0.2) is 4.79 Å². The first-order valence-corrected chi connectivity index (χ1v) is 8.93. The van der Waals surface area contributed by atoms with E-state index >= 15 is 0 Å². The summed E-state index contributed by atoms with van der Waals surface area (Å²) in [7, 11) is 0. The fourth-order valence-electron chi connectivity index (χ4n) is 2.48. The van der Waals surface area contributed by atoms with Crippen molar-refractivity contribution >= 4 is 6.03 Å². The zero-order valence-electron chi connectivity index (χ0n) is 15.1. The normalized spacial score (nSPS) is 10.5. The van der Waals surface area contributed by atoms with E-state index in [4.69, 9.17) is 4.74 Å². The molecule has 4 heteroatoms. The minimum atomic E-state index is -0.146. The van der Waals surface area contributed by atoms with E-state index < -0.39 is 0 Å². The Morgan fingerprint density at radius 2 is 1.64 bits per heavy atom. The molecule has 134 valence electrons. The summed E-state index contributed by atoms with van der Waals surface area (Å²) < 4.78 is 5.63. The smallest absolute Gasteiger partial charge is 0.314 e. The predicted octanol–water partition coefficient (Wildman–Crippen LogP) is 4.12. The van der Waals surface area contributed by atoms with Crippen molar-refractivity contribution in [3.63, 3.8) is 0 Å². The molecule has 2 amide bonds. The third-order valence-corrected chi connectivity index (χ3v) is 3.97. The molecule has 0 bridgehead atoms. The maximum atomic E-state index is 11.7. The summed E-state index contributed by atoms with van der Waals surface area (Å²) in [5.41, 5.74) is 2.59. The van der Waals surface area contributed by atoms with Gasteiger partial charge in [-0.3, -0.25) is 0 Å². The summed E-state index contributed by atoms with van der Waals surface area (Å²) in [5.74, 6) is 1.34. The number of urea groups is 1. The van der Waals surface area contributed by atoms with E-state index in [1.54, 1.807) is 0 Å². The van der Waals surface area contributed by atoms with E-state index in [9.17, 15) is 4.79 Å². The number of nitrogens with one attached hydrogen (secondary N) is 2. The lowest BCUT2D eigenvalue weighted by molar-refractivity contribution is 0.236. The standard InChI is InChI=1S/C21H28N2O2/c1-17(2)19-10-12-20(13-11-19)25-16-15-23-21(24)22-14-6-9-18-7-4-3-5-8-18/h3-5,7-8,10-13,17H,6,9,14-16H2,1-2H3,(H2,22,23,24). The highest BCUT2D eigenvalue weighted by atomic mass is 16.5. The molecule has 0 aliphatic rings. The van der Waals surface area contributed by atoms with Gasteiger partial charge in [-0.1, -0.05) is 56.3 Å². The van der Waals surface area contributed by atoms with Crippen molar-refractivity contribution < 1.29 is 9.53 Å². The molecular weight excluding hydrogens is 312 g/mol. The number of benzene rings is 2. The van der Waals surface area contributed by atoms with E-state index in [-0.39, 0.29) is 6.03 Å². The molecule has 2 aromatic carbocycles. The first kappa shape index (κ1) is 18.8. The Hall–Kier alpha value is -2.49. The van der Waals surface area contributed by atoms with Gasteiger partial charge in [0.15, 0.2) is 0 Å². The van der Waals surface area contributed by atoms with Gasteiger partial charge in [0.25, 0.3) is 0 Å². The van der Waals surface area contributed by atoms with Crippen LogP contribution in [0.5, 0.6) is 5.75 Å². The second-order valence-corrected chi connectivity index (χ2v) is 6.34. The van der Waals surface area contributed by atoms with E-state index in [1.165, 1.54) is 11.1 Å². The van der Waals surface area contributed by atoms with Crippen molar-refractivity contribution in [1.29, 1.82) is 0 Å². The van der Waals surface area contributed by atoms with Crippen LogP contribution in [0.25, 0.3) is 0 Å². The van der Waals surface area contributed by atoms with Crippen LogP contribution in [0.15, 0.2) is 54.6 Å². The maximum Gasteiger partial charge on any atom is 0.314 e. The van der Waals surface area contributed by atoms with Crippen LogP contribution in [0.3, 0.4) is 0 Å². The minimum Gasteiger partial charge on any atom is -0.492 e. The lowest BCUT2D eigenvalue weighted by atomic mass is 10.0. The van der Waals surface area contributed by atoms with Crippen LogP contribution in [0, 0.1) is 0 Å². The lowest BCUT2D eigenvalue weighted by Gasteiger charge is -2.10. The van der Waals surface area contributed by atoms with Crippen LogP contribution >= 0.6 is 0 Å². The summed E-state index contributed by atoms with van der Waals surface area (Å²) in [6.45, 7) is 5.93. The Labute approximate surface area is 150 Å². The third kappa shape index (κ3) is 7.29. The first-order chi connectivity index (χ1) is 12.1. The highest BCUT2D eigenvalue weighted by Crippen LogP contribution is 2.18. The van der Waals surface area contributed by atoms with Crippen LogP contribution < -0.4 is 15.4 Å². The molecule has 4 nitrogen and oxygen atoms in total. The summed E-state index contributed by atoms with van der Waals surface area (Å²) in [4.78, 5) is 11.7. The molecule has 0 radical (unpaired) electrons. The highest BCUT2D eigenvalue weighted by Gasteiger charge is 2.01. The number of ether oxygens (including phenoxy) is 1. The summed E-state index contributed by atoms with van der Waals surface area (Å²) >= 11 is 0. The Morgan fingerprint density at radius 1 is 0.960 bits per heavy atom. The molecule has 25 heavy (non-hydrogen) atoms. The van der Waals surface area contributed by atoms with Gasteiger partial charge in [0, 0.05) is 6.54 Å². The third-order valence-electron chi connectivity index (χ3n) is 3.97. The zero-order valence-corrected chi connectivity index (χ0v) is 15.1. The summed E-state index contributed by atoms with van der Waals surface area (Å²) in [6.07, 6.45) is 1.90. The maximum absolute atomic E-state index is 11.7. The van der Waals surface area contributed by atoms with Gasteiger partial charge in [-0.2, -0.15) is 0 Å². The van der Waals surface area contributed by atoms with E-state index in [1.807, 2.05) is 30.3 Å². The molecule has 0 atom stereocenters. The topological polar surface area (TPSA) is 50.4 Å². The van der Waals surface area contributed by atoms with E-state index in [2.05, 4.69) is 48.7 Å². The quantitative estimate of drug-likeness (QED) is 0.675. The molecule has 0 unspecified atom stereocenters. The van der Waals surface area contributed by atoms with Crippen LogP contribution in [-0.2, 0) is 6.42 Å². The van der Waals surface area contributed by atoms with Crippen molar-refractivity contribution in [3.05, 3.63) is 65.7 Å². The average Bonchev–Trinajstić information content (AvgIpc) is 2.63. The molecule has 2 aromatic rings. The van der Waals surface area contributed by atoms with Crippen molar-refractivity contribution in [1.82, 2.24) is 10.6 Å². The molecular formula is C21H28N2O2. The number of carbonyl (C=O) groups is 1. The average molecular weight is 340 g/mol. The number of carbonyl (C=O) groups excluding carboxylic acids is 1. The lowest BCUT2D eigenvalue weighted by Crippen LogP contribution is -2.38. The molecule has 0 heterocycles. The molecule has 0 saturated heterocycles. The second kappa shape index (κ2) is 10.4. The molecule has 0 aliphatic carbocycles. The van der Waals surface area contributed by atoms with Crippen molar-refractivity contribution in [2.24, 2.45) is 0 Å². The minimum absolute atomic E-state index is 0.146. The number of rotatable bonds is 9. The van der Waals surface area contributed by atoms with Crippen LogP contribution in [0.2, 0.25) is 0 Å². The monoisotopic (exact) mass is 340 g/mol. The zero-order chi connectivity index (χ0) is 17.9. The molecule has 2 rings (SSSR count). The number of hydrogen-bond acceptors (Lipinski definition) is 2. The Kier molecular flexibility index (Phi) is 7.83. The molecule has 2 N–H and O–H groups in total. The molecule has 0 aliphatic heterocycles. The van der Waals surface area contributed by atoms with Gasteiger partial charge in [0.1, 0.15) is 12.4 Å². The fraction of sp³-hybridized carbons (Fsp3) is 0.381. The van der Waals surface area contributed by atoms with Gasteiger partial charge < -0.3 is 15.4 Å². The van der Waals surface area contributed by atoms with Crippen LogP contribution in [-0.4, -0.2) is 25.7 Å². The van der Waals surface area contributed by atoms with Gasteiger partial charge in [0.2, 0.25) is 0 Å². The van der Waals surface area contributed by atoms with E-state index in [0.717, 1.165) is 18.6 Å². The van der Waals surface area contributed by atoms with Crippen LogP contribution in [0.4, 0.5) is 4.79 Å². The first-order valence-electron chi connectivity index (χ1n) is 8.93. The Balaban J connectivity index is 1.53. The van der Waals surface area contributed by atoms with Gasteiger partial charge >= 0.3 is 6.03 Å². The second-order valence-electron chi connectivity index (χ2n) is 6.34. The largest absolute Gasteiger partial charge is 0.492 e. The van der Waals surface area contributed by atoms with Crippen molar-refractivity contribution in [2.45, 2.75) is 32.6 Å². The molecule has 0 saturated carbocycles. The Morgan fingerprint density at radius 3 is 2.32 bits per heavy atom. The summed E-state index contributed by atoms with van der Waals surface area (Å²) in [6, 6.07) is 18.2. The van der Waals surface area contributed by atoms with Crippen LogP contribution in [0.1, 0.15) is 37.3 Å². The number of hydrogen-bond donors (Lipinski definition) is 2. The highest BCUT2D eigenvalue weighted by molar-refractivity contribution is 5.73. The SMILES string of the molecule is CC(C)c1ccc(OCCNC(=O)NCCCc2ccccc2)cc1. The van der Waals surface area contributed by atoms with Crippen molar-refractivity contribution in [3.8, 4) is 5.75 Å². The number of amides is 2. The summed E-state index contributed by atoms with van der Waals surface area (Å²) in [5, 5.41) is 5.67. The fourth-order valence-corrected chi connectivity index (χ4v) is 2.48. The molecule has 0 fully saturated rings. The van der Waals surface area contributed by atoms with Gasteiger partial charge in [0.05, 0.1) is 6.54 Å². The predicted molar refractivity (Wildman–Crippen MR) is 102 cm³/mol.